The van der Waals surface area contributed by atoms with Crippen LogP contribution >= 0.6 is 0 Å². The first-order valence-corrected chi connectivity index (χ1v) is 4.80. The summed E-state index contributed by atoms with van der Waals surface area (Å²) in [4.78, 5) is 22.3. The van der Waals surface area contributed by atoms with Gasteiger partial charge in [-0.15, -0.1) is 0 Å². The van der Waals surface area contributed by atoms with Gasteiger partial charge in [0.2, 0.25) is 0 Å². The summed E-state index contributed by atoms with van der Waals surface area (Å²) in [7, 11) is 0. The lowest BCUT2D eigenvalue weighted by Crippen LogP contribution is -2.42. The molecule has 5 heteroatoms. The number of hydrogen-bond donors (Lipinski definition) is 3. The minimum atomic E-state index is -1.18. The quantitative estimate of drug-likeness (QED) is 0.513. The van der Waals surface area contributed by atoms with Crippen LogP contribution in [0.5, 0.6) is 0 Å². The zero-order valence-electron chi connectivity index (χ0n) is 8.90. The summed E-state index contributed by atoms with van der Waals surface area (Å²) >= 11 is 0. The predicted octanol–water partition coefficient (Wildman–Crippen LogP) is -0.101. The van der Waals surface area contributed by atoms with Crippen LogP contribution in [-0.4, -0.2) is 29.4 Å². The zero-order valence-corrected chi connectivity index (χ0v) is 8.90. The van der Waals surface area contributed by atoms with Gasteiger partial charge in [0.1, 0.15) is 6.04 Å². The largest absolute Gasteiger partial charge is 0.480 e. The van der Waals surface area contributed by atoms with Gasteiger partial charge in [0.15, 0.2) is 5.78 Å². The SMILES string of the molecule is C=C(C)C(=O)C(CCCN)C(N)C(=O)O. The number of hydrogen-bond acceptors (Lipinski definition) is 4. The summed E-state index contributed by atoms with van der Waals surface area (Å²) in [6.07, 6.45) is 0.959. The zero-order chi connectivity index (χ0) is 12.0. The third-order valence-electron chi connectivity index (χ3n) is 2.20. The van der Waals surface area contributed by atoms with Crippen LogP contribution in [0.2, 0.25) is 0 Å². The van der Waals surface area contributed by atoms with E-state index in [1.54, 1.807) is 6.92 Å². The highest BCUT2D eigenvalue weighted by Gasteiger charge is 2.29. The molecule has 0 saturated carbocycles. The third kappa shape index (κ3) is 4.22. The predicted molar refractivity (Wildman–Crippen MR) is 57.2 cm³/mol. The Labute approximate surface area is 89.1 Å². The van der Waals surface area contributed by atoms with Crippen molar-refractivity contribution in [1.29, 1.82) is 0 Å². The molecule has 0 saturated heterocycles. The fourth-order valence-corrected chi connectivity index (χ4v) is 1.30. The number of allylic oxidation sites excluding steroid dienone is 1. The molecule has 0 aromatic heterocycles. The van der Waals surface area contributed by atoms with E-state index in [-0.39, 0.29) is 5.78 Å². The van der Waals surface area contributed by atoms with E-state index < -0.39 is 17.9 Å². The Morgan fingerprint density at radius 1 is 1.47 bits per heavy atom. The van der Waals surface area contributed by atoms with Gasteiger partial charge in [-0.05, 0) is 31.9 Å². The molecule has 0 amide bonds. The number of nitrogens with two attached hydrogens (primary N) is 2. The van der Waals surface area contributed by atoms with Crippen LogP contribution in [0.4, 0.5) is 0 Å². The first-order valence-electron chi connectivity index (χ1n) is 4.80. The van der Waals surface area contributed by atoms with Crippen LogP contribution in [0.3, 0.4) is 0 Å². The highest BCUT2D eigenvalue weighted by molar-refractivity contribution is 5.99. The number of Topliss-reactive ketones (excluding diaryl/α,β-unsaturated/α-hetero) is 1. The molecule has 0 spiro atoms. The highest BCUT2D eigenvalue weighted by Crippen LogP contribution is 2.15. The Kier molecular flexibility index (Phi) is 5.81. The molecule has 5 nitrogen and oxygen atoms in total. The maximum Gasteiger partial charge on any atom is 0.321 e. The number of carbonyl (C=O) groups excluding carboxylic acids is 1. The number of ketones is 1. The lowest BCUT2D eigenvalue weighted by molar-refractivity contribution is -0.142. The second-order valence-corrected chi connectivity index (χ2v) is 3.55. The molecule has 0 rings (SSSR count). The lowest BCUT2D eigenvalue weighted by atomic mass is 9.88. The lowest BCUT2D eigenvalue weighted by Gasteiger charge is -2.19. The van der Waals surface area contributed by atoms with Crippen LogP contribution in [0.15, 0.2) is 12.2 Å². The number of aliphatic carboxylic acids is 1. The van der Waals surface area contributed by atoms with Gasteiger partial charge in [-0.3, -0.25) is 9.59 Å². The summed E-state index contributed by atoms with van der Waals surface area (Å²) < 4.78 is 0. The van der Waals surface area contributed by atoms with E-state index in [2.05, 4.69) is 6.58 Å². The van der Waals surface area contributed by atoms with Gasteiger partial charge in [0, 0.05) is 5.92 Å². The van der Waals surface area contributed by atoms with E-state index in [1.807, 2.05) is 0 Å². The molecule has 15 heavy (non-hydrogen) atoms. The second kappa shape index (κ2) is 6.31. The molecule has 0 aliphatic carbocycles. The molecule has 86 valence electrons. The number of rotatable bonds is 7. The Hall–Kier alpha value is -1.20. The molecule has 0 aliphatic heterocycles. The number of carbonyl (C=O) groups is 2. The standard InChI is InChI=1S/C10H18N2O3/c1-6(2)9(13)7(4-3-5-11)8(12)10(14)15/h7-8H,1,3-5,11-12H2,2H3,(H,14,15). The monoisotopic (exact) mass is 214 g/mol. The Morgan fingerprint density at radius 3 is 2.33 bits per heavy atom. The smallest absolute Gasteiger partial charge is 0.321 e. The summed E-state index contributed by atoms with van der Waals surface area (Å²) in [6, 6.07) is -1.18. The van der Waals surface area contributed by atoms with Crippen LogP contribution < -0.4 is 11.5 Å². The van der Waals surface area contributed by atoms with Gasteiger partial charge in [-0.1, -0.05) is 6.58 Å². The fraction of sp³-hybridized carbons (Fsp3) is 0.600. The first-order chi connectivity index (χ1) is 6.91. The maximum atomic E-state index is 11.6. The van der Waals surface area contributed by atoms with Crippen molar-refractivity contribution in [3.63, 3.8) is 0 Å². The minimum Gasteiger partial charge on any atom is -0.480 e. The van der Waals surface area contributed by atoms with Crippen LogP contribution in [0.1, 0.15) is 19.8 Å². The van der Waals surface area contributed by atoms with Crippen LogP contribution in [-0.2, 0) is 9.59 Å². The van der Waals surface area contributed by atoms with E-state index in [1.165, 1.54) is 0 Å². The molecule has 2 atom stereocenters. The molecule has 0 aromatic rings. The van der Waals surface area contributed by atoms with Gasteiger partial charge in [-0.25, -0.2) is 0 Å². The van der Waals surface area contributed by atoms with Gasteiger partial charge in [0.05, 0.1) is 0 Å². The van der Waals surface area contributed by atoms with Crippen molar-refractivity contribution >= 4 is 11.8 Å². The topological polar surface area (TPSA) is 106 Å². The molecule has 0 aromatic carbocycles. The van der Waals surface area contributed by atoms with Crippen LogP contribution in [0, 0.1) is 5.92 Å². The average molecular weight is 214 g/mol. The molecule has 0 radical (unpaired) electrons. The van der Waals surface area contributed by atoms with E-state index in [4.69, 9.17) is 16.6 Å². The third-order valence-corrected chi connectivity index (χ3v) is 2.20. The van der Waals surface area contributed by atoms with E-state index in [9.17, 15) is 9.59 Å². The minimum absolute atomic E-state index is 0.293. The summed E-state index contributed by atoms with van der Waals surface area (Å²) in [5.41, 5.74) is 11.1. The van der Waals surface area contributed by atoms with Gasteiger partial charge in [-0.2, -0.15) is 0 Å². The van der Waals surface area contributed by atoms with E-state index >= 15 is 0 Å². The Morgan fingerprint density at radius 2 is 2.00 bits per heavy atom. The Balaban J connectivity index is 4.64. The molecule has 0 bridgehead atoms. The second-order valence-electron chi connectivity index (χ2n) is 3.55. The molecular weight excluding hydrogens is 196 g/mol. The van der Waals surface area contributed by atoms with Gasteiger partial charge < -0.3 is 16.6 Å². The average Bonchev–Trinajstić information content (AvgIpc) is 2.17. The van der Waals surface area contributed by atoms with Gasteiger partial charge >= 0.3 is 5.97 Å². The maximum absolute atomic E-state index is 11.6. The first kappa shape index (κ1) is 13.8. The van der Waals surface area contributed by atoms with Crippen molar-refractivity contribution in [1.82, 2.24) is 0 Å². The van der Waals surface area contributed by atoms with Gasteiger partial charge in [0.25, 0.3) is 0 Å². The van der Waals surface area contributed by atoms with Crippen molar-refractivity contribution in [2.45, 2.75) is 25.8 Å². The summed E-state index contributed by atoms with van der Waals surface area (Å²) in [5, 5.41) is 8.74. The molecule has 0 fully saturated rings. The molecule has 0 aliphatic rings. The molecule has 0 heterocycles. The molecule has 5 N–H and O–H groups in total. The van der Waals surface area contributed by atoms with Crippen molar-refractivity contribution < 1.29 is 14.7 Å². The van der Waals surface area contributed by atoms with Crippen molar-refractivity contribution in [2.75, 3.05) is 6.54 Å². The van der Waals surface area contributed by atoms with Crippen molar-refractivity contribution in [2.24, 2.45) is 17.4 Å². The van der Waals surface area contributed by atoms with E-state index in [0.717, 1.165) is 0 Å². The fourth-order valence-electron chi connectivity index (χ4n) is 1.30. The van der Waals surface area contributed by atoms with Crippen molar-refractivity contribution in [3.05, 3.63) is 12.2 Å². The normalized spacial score (nSPS) is 14.3. The summed E-state index contributed by atoms with van der Waals surface area (Å²) in [6.45, 7) is 5.45. The number of carboxylic acids is 1. The van der Waals surface area contributed by atoms with Crippen LogP contribution in [0.25, 0.3) is 0 Å². The van der Waals surface area contributed by atoms with E-state index in [0.29, 0.717) is 25.0 Å². The Bertz CT molecular complexity index is 263. The number of carboxylic acid groups (broad SMARTS) is 1. The van der Waals surface area contributed by atoms with Crippen molar-refractivity contribution in [3.8, 4) is 0 Å². The molecule has 2 unspecified atom stereocenters. The summed E-state index contributed by atoms with van der Waals surface area (Å²) in [5.74, 6) is -2.19. The highest BCUT2D eigenvalue weighted by atomic mass is 16.4. The molecular formula is C10H18N2O3.